The predicted octanol–water partition coefficient (Wildman–Crippen LogP) is 3.26. The van der Waals surface area contributed by atoms with Crippen LogP contribution in [0.3, 0.4) is 0 Å². The number of rotatable bonds is 3. The standard InChI is InChI=1S/C12H9BrClN3O2/c13-7-3-4-8(14)9(5-7)17-11(6-1-2-6)10(12(18)19)15-16-17/h3-6H,1-2H2,(H,18,19). The van der Waals surface area contributed by atoms with E-state index in [9.17, 15) is 4.79 Å². The van der Waals surface area contributed by atoms with Gasteiger partial charge in [-0.05, 0) is 31.0 Å². The third kappa shape index (κ3) is 2.26. The fraction of sp³-hybridized carbons (Fsp3) is 0.250. The van der Waals surface area contributed by atoms with E-state index in [2.05, 4.69) is 26.2 Å². The largest absolute Gasteiger partial charge is 0.476 e. The van der Waals surface area contributed by atoms with Gasteiger partial charge in [-0.3, -0.25) is 0 Å². The van der Waals surface area contributed by atoms with Crippen LogP contribution in [0.1, 0.15) is 34.9 Å². The Balaban J connectivity index is 2.20. The average molecular weight is 343 g/mol. The number of carboxylic acids is 1. The van der Waals surface area contributed by atoms with Crippen LogP contribution in [-0.2, 0) is 0 Å². The summed E-state index contributed by atoms with van der Waals surface area (Å²) in [7, 11) is 0. The Morgan fingerprint density at radius 2 is 2.21 bits per heavy atom. The van der Waals surface area contributed by atoms with Gasteiger partial charge in [0.1, 0.15) is 0 Å². The smallest absolute Gasteiger partial charge is 0.358 e. The summed E-state index contributed by atoms with van der Waals surface area (Å²) in [5, 5.41) is 17.4. The Morgan fingerprint density at radius 3 is 2.84 bits per heavy atom. The molecule has 1 N–H and O–H groups in total. The Bertz CT molecular complexity index is 667. The molecule has 1 saturated carbocycles. The number of carbonyl (C=O) groups is 1. The van der Waals surface area contributed by atoms with Crippen molar-refractivity contribution in [3.63, 3.8) is 0 Å². The van der Waals surface area contributed by atoms with Gasteiger partial charge in [0.05, 0.1) is 16.4 Å². The van der Waals surface area contributed by atoms with Gasteiger partial charge >= 0.3 is 5.97 Å². The number of carboxylic acid groups (broad SMARTS) is 1. The molecule has 1 fully saturated rings. The Hall–Kier alpha value is -1.40. The molecule has 1 aromatic carbocycles. The van der Waals surface area contributed by atoms with Gasteiger partial charge in [-0.1, -0.05) is 32.7 Å². The van der Waals surface area contributed by atoms with E-state index in [1.165, 1.54) is 4.68 Å². The summed E-state index contributed by atoms with van der Waals surface area (Å²) in [5.41, 5.74) is 1.28. The normalized spacial score (nSPS) is 14.6. The monoisotopic (exact) mass is 341 g/mol. The van der Waals surface area contributed by atoms with Gasteiger partial charge in [0.25, 0.3) is 0 Å². The first-order chi connectivity index (χ1) is 9.08. The van der Waals surface area contributed by atoms with E-state index in [-0.39, 0.29) is 11.6 Å². The van der Waals surface area contributed by atoms with Crippen LogP contribution in [0, 0.1) is 0 Å². The summed E-state index contributed by atoms with van der Waals surface area (Å²) in [6, 6.07) is 5.35. The molecule has 19 heavy (non-hydrogen) atoms. The average Bonchev–Trinajstić information content (AvgIpc) is 3.11. The highest BCUT2D eigenvalue weighted by Crippen LogP contribution is 2.42. The van der Waals surface area contributed by atoms with Crippen LogP contribution in [0.2, 0.25) is 5.02 Å². The van der Waals surface area contributed by atoms with Crippen LogP contribution in [0.5, 0.6) is 0 Å². The van der Waals surface area contributed by atoms with E-state index in [0.717, 1.165) is 17.3 Å². The lowest BCUT2D eigenvalue weighted by atomic mass is 10.2. The van der Waals surface area contributed by atoms with Crippen LogP contribution in [0.15, 0.2) is 22.7 Å². The van der Waals surface area contributed by atoms with E-state index in [0.29, 0.717) is 16.4 Å². The molecule has 98 valence electrons. The molecule has 0 spiro atoms. The summed E-state index contributed by atoms with van der Waals surface area (Å²) in [6.07, 6.45) is 1.92. The predicted molar refractivity (Wildman–Crippen MR) is 73.0 cm³/mol. The van der Waals surface area contributed by atoms with Gasteiger partial charge in [0.2, 0.25) is 0 Å². The van der Waals surface area contributed by atoms with Crippen LogP contribution in [0.25, 0.3) is 5.69 Å². The van der Waals surface area contributed by atoms with Crippen LogP contribution in [0.4, 0.5) is 0 Å². The number of hydrogen-bond donors (Lipinski definition) is 1. The van der Waals surface area contributed by atoms with Crippen molar-refractivity contribution in [3.8, 4) is 5.69 Å². The fourth-order valence-corrected chi connectivity index (χ4v) is 2.54. The summed E-state index contributed by atoms with van der Waals surface area (Å²) < 4.78 is 2.38. The number of halogens is 2. The van der Waals surface area contributed by atoms with Gasteiger partial charge in [-0.2, -0.15) is 0 Å². The molecule has 0 bridgehead atoms. The highest BCUT2D eigenvalue weighted by atomic mass is 79.9. The second-order valence-corrected chi connectivity index (χ2v) is 5.73. The van der Waals surface area contributed by atoms with E-state index in [1.54, 1.807) is 12.1 Å². The highest BCUT2D eigenvalue weighted by Gasteiger charge is 2.34. The molecule has 1 aliphatic carbocycles. The summed E-state index contributed by atoms with van der Waals surface area (Å²) in [6.45, 7) is 0. The number of aromatic carboxylic acids is 1. The second-order valence-electron chi connectivity index (χ2n) is 4.41. The van der Waals surface area contributed by atoms with Crippen molar-refractivity contribution in [1.82, 2.24) is 15.0 Å². The lowest BCUT2D eigenvalue weighted by molar-refractivity contribution is 0.0689. The maximum atomic E-state index is 11.2. The van der Waals surface area contributed by atoms with Gasteiger partial charge in [0.15, 0.2) is 5.69 Å². The van der Waals surface area contributed by atoms with Crippen molar-refractivity contribution in [2.75, 3.05) is 0 Å². The highest BCUT2D eigenvalue weighted by molar-refractivity contribution is 9.10. The van der Waals surface area contributed by atoms with Crippen molar-refractivity contribution >= 4 is 33.5 Å². The molecule has 1 aromatic heterocycles. The SMILES string of the molecule is O=C(O)c1nnn(-c2cc(Br)ccc2Cl)c1C1CC1. The fourth-order valence-electron chi connectivity index (χ4n) is 1.99. The molecule has 1 heterocycles. The van der Waals surface area contributed by atoms with Gasteiger partial charge in [-0.25, -0.2) is 9.48 Å². The minimum absolute atomic E-state index is 0.0125. The van der Waals surface area contributed by atoms with E-state index < -0.39 is 5.97 Å². The van der Waals surface area contributed by atoms with E-state index >= 15 is 0 Å². The Labute approximate surface area is 122 Å². The van der Waals surface area contributed by atoms with Crippen LogP contribution >= 0.6 is 27.5 Å². The number of aromatic nitrogens is 3. The molecular formula is C12H9BrClN3O2. The molecule has 2 aromatic rings. The first kappa shape index (κ1) is 12.6. The molecule has 0 unspecified atom stereocenters. The molecule has 0 aliphatic heterocycles. The van der Waals surface area contributed by atoms with Gasteiger partial charge in [0, 0.05) is 10.4 Å². The zero-order chi connectivity index (χ0) is 13.6. The summed E-state index contributed by atoms with van der Waals surface area (Å²) in [5.74, 6) is -0.851. The number of nitrogens with zero attached hydrogens (tertiary/aromatic N) is 3. The summed E-state index contributed by atoms with van der Waals surface area (Å²) in [4.78, 5) is 11.2. The van der Waals surface area contributed by atoms with Crippen molar-refractivity contribution < 1.29 is 9.90 Å². The Morgan fingerprint density at radius 1 is 1.47 bits per heavy atom. The van der Waals surface area contributed by atoms with Crippen molar-refractivity contribution in [2.45, 2.75) is 18.8 Å². The maximum Gasteiger partial charge on any atom is 0.358 e. The molecular weight excluding hydrogens is 334 g/mol. The molecule has 3 rings (SSSR count). The molecule has 0 saturated heterocycles. The molecule has 0 radical (unpaired) electrons. The second kappa shape index (κ2) is 4.61. The van der Waals surface area contributed by atoms with Crippen molar-refractivity contribution in [2.24, 2.45) is 0 Å². The first-order valence-corrected chi connectivity index (χ1v) is 6.89. The summed E-state index contributed by atoms with van der Waals surface area (Å²) >= 11 is 9.53. The van der Waals surface area contributed by atoms with E-state index in [4.69, 9.17) is 16.7 Å². The van der Waals surface area contributed by atoms with Crippen LogP contribution < -0.4 is 0 Å². The zero-order valence-electron chi connectivity index (χ0n) is 9.68. The number of hydrogen-bond acceptors (Lipinski definition) is 3. The topological polar surface area (TPSA) is 68.0 Å². The van der Waals surface area contributed by atoms with Crippen LogP contribution in [-0.4, -0.2) is 26.1 Å². The number of benzene rings is 1. The van der Waals surface area contributed by atoms with E-state index in [1.807, 2.05) is 6.07 Å². The third-order valence-corrected chi connectivity index (χ3v) is 3.82. The molecule has 0 amide bonds. The zero-order valence-corrected chi connectivity index (χ0v) is 12.0. The third-order valence-electron chi connectivity index (χ3n) is 3.01. The van der Waals surface area contributed by atoms with Gasteiger partial charge in [-0.15, -0.1) is 5.10 Å². The lowest BCUT2D eigenvalue weighted by Crippen LogP contribution is -2.06. The minimum atomic E-state index is -1.06. The van der Waals surface area contributed by atoms with Crippen molar-refractivity contribution in [3.05, 3.63) is 39.1 Å². The first-order valence-electron chi connectivity index (χ1n) is 5.72. The maximum absolute atomic E-state index is 11.2. The molecule has 5 nitrogen and oxygen atoms in total. The quantitative estimate of drug-likeness (QED) is 0.929. The van der Waals surface area contributed by atoms with Gasteiger partial charge < -0.3 is 5.11 Å². The molecule has 0 atom stereocenters. The minimum Gasteiger partial charge on any atom is -0.476 e. The molecule has 7 heteroatoms. The Kier molecular flexibility index (Phi) is 3.06. The van der Waals surface area contributed by atoms with Crippen molar-refractivity contribution in [1.29, 1.82) is 0 Å². The molecule has 1 aliphatic rings. The lowest BCUT2D eigenvalue weighted by Gasteiger charge is -2.08.